The van der Waals surface area contributed by atoms with E-state index in [0.29, 0.717) is 28.5 Å². The molecule has 0 aliphatic carbocycles. The minimum Gasteiger partial charge on any atom is -0.494 e. The van der Waals surface area contributed by atoms with Gasteiger partial charge in [-0.1, -0.05) is 29.8 Å². The van der Waals surface area contributed by atoms with Crippen molar-refractivity contribution in [2.45, 2.75) is 25.8 Å². The second-order valence-corrected chi connectivity index (χ2v) is 7.28. The van der Waals surface area contributed by atoms with Crippen molar-refractivity contribution in [3.63, 3.8) is 0 Å². The topological polar surface area (TPSA) is 84.1 Å². The Hall–Kier alpha value is -3.19. The number of methoxy groups -OCH3 is 1. The second kappa shape index (κ2) is 9.54. The first-order valence-electron chi connectivity index (χ1n) is 9.28. The molecule has 3 aromatic rings. The van der Waals surface area contributed by atoms with Gasteiger partial charge in [0.25, 0.3) is 5.56 Å². The van der Waals surface area contributed by atoms with Crippen LogP contribution in [0.25, 0.3) is 0 Å². The molecule has 1 atom stereocenters. The highest BCUT2D eigenvalue weighted by molar-refractivity contribution is 6.30. The third kappa shape index (κ3) is 5.67. The number of carbonyl (C=O) groups is 1. The molecule has 0 aliphatic rings. The molecule has 1 aromatic heterocycles. The highest BCUT2D eigenvalue weighted by Crippen LogP contribution is 2.21. The molecule has 0 spiro atoms. The number of amides is 1. The molecule has 2 aromatic carbocycles. The number of aryl methyl sites for hydroxylation is 1. The van der Waals surface area contributed by atoms with Crippen LogP contribution in [0.5, 0.6) is 5.75 Å². The lowest BCUT2D eigenvalue weighted by atomic mass is 10.0. The zero-order valence-electron chi connectivity index (χ0n) is 16.5. The van der Waals surface area contributed by atoms with Crippen molar-refractivity contribution in [2.24, 2.45) is 0 Å². The second-order valence-electron chi connectivity index (χ2n) is 6.84. The average molecular weight is 430 g/mol. The van der Waals surface area contributed by atoms with Crippen molar-refractivity contribution >= 4 is 17.5 Å². The van der Waals surface area contributed by atoms with E-state index in [-0.39, 0.29) is 23.6 Å². The summed E-state index contributed by atoms with van der Waals surface area (Å²) in [4.78, 5) is 31.4. The van der Waals surface area contributed by atoms with Crippen LogP contribution in [0.4, 0.5) is 4.39 Å². The molecule has 6 nitrogen and oxygen atoms in total. The molecule has 0 saturated carbocycles. The van der Waals surface area contributed by atoms with E-state index in [9.17, 15) is 14.0 Å². The Morgan fingerprint density at radius 2 is 1.97 bits per heavy atom. The molecule has 1 amide bonds. The number of carbonyl (C=O) groups excluding carboxylic acids is 1. The normalized spacial score (nSPS) is 11.7. The van der Waals surface area contributed by atoms with Crippen LogP contribution in [-0.4, -0.2) is 23.0 Å². The van der Waals surface area contributed by atoms with Crippen LogP contribution >= 0.6 is 11.6 Å². The van der Waals surface area contributed by atoms with Gasteiger partial charge >= 0.3 is 0 Å². The van der Waals surface area contributed by atoms with Crippen LogP contribution in [0.1, 0.15) is 28.7 Å². The highest BCUT2D eigenvalue weighted by atomic mass is 35.5. The zero-order valence-corrected chi connectivity index (χ0v) is 17.3. The first-order valence-corrected chi connectivity index (χ1v) is 9.66. The Bertz CT molecular complexity index is 1100. The Balaban J connectivity index is 1.80. The SMILES string of the molecule is COc1ccc(CC(=O)N[C@@H](Cc2cc(=O)[nH]c(C)n2)c2ccc(Cl)cc2)cc1F. The van der Waals surface area contributed by atoms with Gasteiger partial charge in [0.15, 0.2) is 11.6 Å². The summed E-state index contributed by atoms with van der Waals surface area (Å²) in [5.41, 5.74) is 1.62. The van der Waals surface area contributed by atoms with E-state index >= 15 is 0 Å². The molecule has 0 saturated heterocycles. The standard InChI is InChI=1S/C22H21ClFN3O3/c1-13-25-17(12-22(29)26-13)11-19(15-4-6-16(23)7-5-15)27-21(28)10-14-3-8-20(30-2)18(24)9-14/h3-9,12,19H,10-11H2,1-2H3,(H,27,28)(H,25,26,29)/t19-/m0/s1. The maximum atomic E-state index is 13.9. The van der Waals surface area contributed by atoms with Crippen LogP contribution in [-0.2, 0) is 17.6 Å². The minimum atomic E-state index is -0.528. The lowest BCUT2D eigenvalue weighted by Crippen LogP contribution is -2.31. The number of hydrogen-bond acceptors (Lipinski definition) is 4. The molecule has 3 rings (SSSR count). The van der Waals surface area contributed by atoms with Crippen molar-refractivity contribution in [3.8, 4) is 5.75 Å². The van der Waals surface area contributed by atoms with Gasteiger partial charge in [-0.3, -0.25) is 9.59 Å². The lowest BCUT2D eigenvalue weighted by Gasteiger charge is -2.19. The Morgan fingerprint density at radius 1 is 1.23 bits per heavy atom. The van der Waals surface area contributed by atoms with Gasteiger partial charge in [-0.2, -0.15) is 0 Å². The first-order chi connectivity index (χ1) is 14.3. The largest absolute Gasteiger partial charge is 0.494 e. The number of H-pyrrole nitrogens is 1. The minimum absolute atomic E-state index is 0.00711. The summed E-state index contributed by atoms with van der Waals surface area (Å²) < 4.78 is 18.8. The van der Waals surface area contributed by atoms with Crippen LogP contribution in [0.2, 0.25) is 5.02 Å². The van der Waals surface area contributed by atoms with E-state index in [1.54, 1.807) is 37.3 Å². The number of hydrogen-bond donors (Lipinski definition) is 2. The number of nitrogens with one attached hydrogen (secondary N) is 2. The molecule has 156 valence electrons. The Labute approximate surface area is 178 Å². The van der Waals surface area contributed by atoms with Crippen molar-refractivity contribution in [3.05, 3.63) is 92.4 Å². The molecule has 1 heterocycles. The van der Waals surface area contributed by atoms with E-state index in [0.717, 1.165) is 5.56 Å². The van der Waals surface area contributed by atoms with Crippen molar-refractivity contribution in [1.82, 2.24) is 15.3 Å². The summed E-state index contributed by atoms with van der Waals surface area (Å²) in [5.74, 6) is -0.206. The van der Waals surface area contributed by atoms with Gasteiger partial charge in [-0.05, 0) is 42.3 Å². The molecule has 0 radical (unpaired) electrons. The molecule has 0 fully saturated rings. The number of benzene rings is 2. The number of aromatic amines is 1. The molecule has 0 bridgehead atoms. The highest BCUT2D eigenvalue weighted by Gasteiger charge is 2.18. The summed E-state index contributed by atoms with van der Waals surface area (Å²) in [6, 6.07) is 12.4. The molecule has 30 heavy (non-hydrogen) atoms. The Morgan fingerprint density at radius 3 is 2.60 bits per heavy atom. The summed E-state index contributed by atoms with van der Waals surface area (Å²) in [7, 11) is 1.38. The van der Waals surface area contributed by atoms with Gasteiger partial charge in [0.05, 0.1) is 25.3 Å². The zero-order chi connectivity index (χ0) is 21.7. The van der Waals surface area contributed by atoms with Gasteiger partial charge in [0, 0.05) is 17.5 Å². The first kappa shape index (κ1) is 21.5. The summed E-state index contributed by atoms with van der Waals surface area (Å²) >= 11 is 5.98. The third-order valence-electron chi connectivity index (χ3n) is 4.51. The fourth-order valence-electron chi connectivity index (χ4n) is 3.15. The number of nitrogens with zero attached hydrogens (tertiary/aromatic N) is 1. The maximum absolute atomic E-state index is 13.9. The fraction of sp³-hybridized carbons (Fsp3) is 0.227. The van der Waals surface area contributed by atoms with Gasteiger partial charge in [0.2, 0.25) is 5.91 Å². The number of ether oxygens (including phenoxy) is 1. The van der Waals surface area contributed by atoms with Crippen LogP contribution in [0.3, 0.4) is 0 Å². The monoisotopic (exact) mass is 429 g/mol. The predicted molar refractivity (Wildman–Crippen MR) is 112 cm³/mol. The summed E-state index contributed by atoms with van der Waals surface area (Å²) in [6.07, 6.45) is 0.307. The van der Waals surface area contributed by atoms with Crippen molar-refractivity contribution in [2.75, 3.05) is 7.11 Å². The molecule has 8 heteroatoms. The summed E-state index contributed by atoms with van der Waals surface area (Å²) in [6.45, 7) is 1.69. The average Bonchev–Trinajstić information content (AvgIpc) is 2.67. The Kier molecular flexibility index (Phi) is 6.84. The molecular formula is C22H21ClFN3O3. The van der Waals surface area contributed by atoms with Gasteiger partial charge in [-0.25, -0.2) is 9.37 Å². The predicted octanol–water partition coefficient (Wildman–Crippen LogP) is 3.52. The fourth-order valence-corrected chi connectivity index (χ4v) is 3.28. The van der Waals surface area contributed by atoms with Crippen LogP contribution < -0.4 is 15.6 Å². The van der Waals surface area contributed by atoms with Crippen LogP contribution in [0.15, 0.2) is 53.3 Å². The lowest BCUT2D eigenvalue weighted by molar-refractivity contribution is -0.121. The molecule has 0 aliphatic heterocycles. The summed E-state index contributed by atoms with van der Waals surface area (Å²) in [5, 5.41) is 3.52. The third-order valence-corrected chi connectivity index (χ3v) is 4.77. The number of aromatic nitrogens is 2. The number of halogens is 2. The van der Waals surface area contributed by atoms with Crippen molar-refractivity contribution in [1.29, 1.82) is 0 Å². The van der Waals surface area contributed by atoms with Crippen molar-refractivity contribution < 1.29 is 13.9 Å². The van der Waals surface area contributed by atoms with Gasteiger partial charge < -0.3 is 15.0 Å². The van der Waals surface area contributed by atoms with Crippen LogP contribution in [0, 0.1) is 12.7 Å². The molecular weight excluding hydrogens is 409 g/mol. The smallest absolute Gasteiger partial charge is 0.251 e. The van der Waals surface area contributed by atoms with E-state index in [2.05, 4.69) is 15.3 Å². The van der Waals surface area contributed by atoms with E-state index < -0.39 is 11.9 Å². The quantitative estimate of drug-likeness (QED) is 0.602. The number of rotatable bonds is 7. The van der Waals surface area contributed by atoms with E-state index in [1.165, 1.54) is 25.3 Å². The van der Waals surface area contributed by atoms with E-state index in [1.807, 2.05) is 0 Å². The maximum Gasteiger partial charge on any atom is 0.251 e. The molecule has 2 N–H and O–H groups in total. The molecule has 0 unspecified atom stereocenters. The van der Waals surface area contributed by atoms with Gasteiger partial charge in [-0.15, -0.1) is 0 Å². The van der Waals surface area contributed by atoms with E-state index in [4.69, 9.17) is 16.3 Å². The van der Waals surface area contributed by atoms with Gasteiger partial charge in [0.1, 0.15) is 5.82 Å².